The first kappa shape index (κ1) is 13.4. The molecule has 0 amide bonds. The minimum Gasteiger partial charge on any atom is -0.503 e. The molecule has 0 fully saturated rings. The van der Waals surface area contributed by atoms with Gasteiger partial charge in [0.2, 0.25) is 0 Å². The predicted octanol–water partition coefficient (Wildman–Crippen LogP) is 3.25. The highest BCUT2D eigenvalue weighted by Gasteiger charge is 2.14. The van der Waals surface area contributed by atoms with Crippen LogP contribution in [0, 0.1) is 22.7 Å². The van der Waals surface area contributed by atoms with Crippen molar-refractivity contribution in [1.82, 2.24) is 0 Å². The molecule has 0 aromatic heterocycles. The van der Waals surface area contributed by atoms with E-state index in [1.165, 1.54) is 19.3 Å². The first-order chi connectivity index (χ1) is 8.04. The number of methoxy groups -OCH3 is 1. The van der Waals surface area contributed by atoms with Gasteiger partial charge in [-0.25, -0.2) is 0 Å². The molecule has 0 bridgehead atoms. The Labute approximate surface area is 111 Å². The molecule has 1 aromatic carbocycles. The van der Waals surface area contributed by atoms with Gasteiger partial charge in [-0.15, -0.1) is 0 Å². The lowest BCUT2D eigenvalue weighted by atomic mass is 10.1. The Morgan fingerprint density at radius 2 is 2.12 bits per heavy atom. The number of phenolic OH excluding ortho intramolecular Hbond substituents is 1. The van der Waals surface area contributed by atoms with Crippen LogP contribution in [0.4, 0.5) is 0 Å². The number of nitrogens with zero attached hydrogens (tertiary/aromatic N) is 2. The summed E-state index contributed by atoms with van der Waals surface area (Å²) in [5.74, 6) is -0.0339. The maximum Gasteiger partial charge on any atom is 0.177 e. The van der Waals surface area contributed by atoms with E-state index in [1.54, 1.807) is 12.1 Å². The zero-order valence-electron chi connectivity index (χ0n) is 8.66. The van der Waals surface area contributed by atoms with E-state index in [-0.39, 0.29) is 22.1 Å². The van der Waals surface area contributed by atoms with Crippen molar-refractivity contribution in [3.8, 4) is 23.6 Å². The molecule has 0 saturated heterocycles. The Hall–Kier alpha value is -1.69. The van der Waals surface area contributed by atoms with Gasteiger partial charge in [0.15, 0.2) is 11.5 Å². The van der Waals surface area contributed by atoms with Crippen LogP contribution >= 0.6 is 27.5 Å². The Bertz CT molecular complexity index is 554. The zero-order valence-corrected chi connectivity index (χ0v) is 11.0. The summed E-state index contributed by atoms with van der Waals surface area (Å²) in [7, 11) is 1.38. The van der Waals surface area contributed by atoms with E-state index in [4.69, 9.17) is 26.9 Å². The number of rotatable bonds is 2. The normalized spacial score (nSPS) is 9.00. The van der Waals surface area contributed by atoms with Crippen LogP contribution in [-0.2, 0) is 0 Å². The molecule has 1 rings (SSSR count). The van der Waals surface area contributed by atoms with Crippen molar-refractivity contribution in [2.75, 3.05) is 7.11 Å². The number of hydrogen-bond donors (Lipinski definition) is 1. The molecule has 86 valence electrons. The van der Waals surface area contributed by atoms with Crippen LogP contribution in [-0.4, -0.2) is 12.2 Å². The van der Waals surface area contributed by atoms with Crippen molar-refractivity contribution in [1.29, 1.82) is 10.5 Å². The fourth-order valence-electron chi connectivity index (χ4n) is 1.12. The zero-order chi connectivity index (χ0) is 13.0. The fourth-order valence-corrected chi connectivity index (χ4v) is 1.74. The minimum atomic E-state index is -0.200. The quantitative estimate of drug-likeness (QED) is 0.850. The average Bonchev–Trinajstić information content (AvgIpc) is 2.35. The number of aromatic hydroxyl groups is 1. The summed E-state index contributed by atoms with van der Waals surface area (Å²) < 4.78 is 5.31. The first-order valence-electron chi connectivity index (χ1n) is 4.32. The molecule has 0 saturated carbocycles. The van der Waals surface area contributed by atoms with Gasteiger partial charge in [0.1, 0.15) is 22.7 Å². The lowest BCUT2D eigenvalue weighted by Gasteiger charge is -2.09. The Morgan fingerprint density at radius 1 is 1.53 bits per heavy atom. The van der Waals surface area contributed by atoms with Crippen molar-refractivity contribution in [2.45, 2.75) is 0 Å². The number of benzene rings is 1. The first-order valence-corrected chi connectivity index (χ1v) is 5.49. The lowest BCUT2D eigenvalue weighted by molar-refractivity contribution is 0.373. The van der Waals surface area contributed by atoms with Crippen molar-refractivity contribution < 1.29 is 9.84 Å². The van der Waals surface area contributed by atoms with Gasteiger partial charge >= 0.3 is 0 Å². The van der Waals surface area contributed by atoms with Crippen molar-refractivity contribution in [3.05, 3.63) is 26.7 Å². The predicted molar refractivity (Wildman–Crippen MR) is 66.6 cm³/mol. The topological polar surface area (TPSA) is 77.0 Å². The van der Waals surface area contributed by atoms with Gasteiger partial charge in [-0.05, 0) is 33.6 Å². The Balaban J connectivity index is 3.48. The van der Waals surface area contributed by atoms with Gasteiger partial charge in [-0.3, -0.25) is 0 Å². The van der Waals surface area contributed by atoms with E-state index in [2.05, 4.69) is 15.9 Å². The van der Waals surface area contributed by atoms with E-state index in [0.717, 1.165) is 0 Å². The van der Waals surface area contributed by atoms with E-state index in [9.17, 15) is 5.11 Å². The minimum absolute atomic E-state index is 0.0610. The molecular weight excluding hydrogens is 307 g/mol. The molecule has 0 unspecified atom stereocenters. The van der Waals surface area contributed by atoms with Crippen LogP contribution in [0.1, 0.15) is 5.56 Å². The number of allylic oxidation sites excluding steroid dienone is 1. The van der Waals surface area contributed by atoms with Gasteiger partial charge in [-0.1, -0.05) is 11.6 Å². The molecule has 0 heterocycles. The van der Waals surface area contributed by atoms with Gasteiger partial charge in [0, 0.05) is 4.47 Å². The maximum atomic E-state index is 9.61. The van der Waals surface area contributed by atoms with E-state index < -0.39 is 0 Å². The standard InChI is InChI=1S/C11H6BrClN2O2/c1-17-8-3-7(2-6(4-14)5-15)9(12)10(13)11(8)16/h2-3,16H,1H3. The highest BCUT2D eigenvalue weighted by atomic mass is 79.9. The Kier molecular flexibility index (Phi) is 4.39. The number of nitriles is 2. The van der Waals surface area contributed by atoms with E-state index in [1.807, 2.05) is 0 Å². The molecule has 1 N–H and O–H groups in total. The molecule has 0 aliphatic carbocycles. The molecule has 0 aliphatic heterocycles. The number of halogens is 2. The fraction of sp³-hybridized carbons (Fsp3) is 0.0909. The number of ether oxygens (including phenoxy) is 1. The van der Waals surface area contributed by atoms with Crippen molar-refractivity contribution >= 4 is 33.6 Å². The molecule has 4 nitrogen and oxygen atoms in total. The maximum absolute atomic E-state index is 9.61. The highest BCUT2D eigenvalue weighted by Crippen LogP contribution is 2.42. The van der Waals surface area contributed by atoms with E-state index in [0.29, 0.717) is 10.0 Å². The highest BCUT2D eigenvalue weighted by molar-refractivity contribution is 9.10. The third-order valence-corrected chi connectivity index (χ3v) is 3.39. The summed E-state index contributed by atoms with van der Waals surface area (Å²) in [4.78, 5) is 0. The van der Waals surface area contributed by atoms with E-state index >= 15 is 0 Å². The summed E-state index contributed by atoms with van der Waals surface area (Å²) in [5.41, 5.74) is 0.400. The molecule has 6 heteroatoms. The third kappa shape index (κ3) is 2.71. The monoisotopic (exact) mass is 312 g/mol. The summed E-state index contributed by atoms with van der Waals surface area (Å²) in [6.07, 6.45) is 1.35. The summed E-state index contributed by atoms with van der Waals surface area (Å²) >= 11 is 9.03. The van der Waals surface area contributed by atoms with Gasteiger partial charge in [0.25, 0.3) is 0 Å². The molecule has 0 spiro atoms. The lowest BCUT2D eigenvalue weighted by Crippen LogP contribution is -1.88. The summed E-state index contributed by atoms with van der Waals surface area (Å²) in [6.45, 7) is 0. The van der Waals surface area contributed by atoms with Gasteiger partial charge in [-0.2, -0.15) is 10.5 Å². The number of phenols is 1. The molecule has 0 radical (unpaired) electrons. The molecule has 0 aliphatic rings. The van der Waals surface area contributed by atoms with Crippen LogP contribution in [0.25, 0.3) is 6.08 Å². The van der Waals surface area contributed by atoms with Gasteiger partial charge in [0.05, 0.1) is 7.11 Å². The molecular formula is C11H6BrClN2O2. The van der Waals surface area contributed by atoms with Crippen LogP contribution < -0.4 is 4.74 Å². The van der Waals surface area contributed by atoms with Gasteiger partial charge < -0.3 is 9.84 Å². The summed E-state index contributed by atoms with van der Waals surface area (Å²) in [6, 6.07) is 4.94. The second kappa shape index (κ2) is 5.58. The smallest absolute Gasteiger partial charge is 0.177 e. The second-order valence-corrected chi connectivity index (χ2v) is 4.10. The molecule has 0 atom stereocenters. The number of hydrogen-bond acceptors (Lipinski definition) is 4. The van der Waals surface area contributed by atoms with Crippen LogP contribution in [0.5, 0.6) is 11.5 Å². The third-order valence-electron chi connectivity index (χ3n) is 1.93. The average molecular weight is 314 g/mol. The van der Waals surface area contributed by atoms with Crippen molar-refractivity contribution in [3.63, 3.8) is 0 Å². The SMILES string of the molecule is COc1cc(C=C(C#N)C#N)c(Br)c(Cl)c1O. The largest absolute Gasteiger partial charge is 0.503 e. The second-order valence-electron chi connectivity index (χ2n) is 2.93. The molecule has 1 aromatic rings. The van der Waals surface area contributed by atoms with Crippen LogP contribution in [0.3, 0.4) is 0 Å². The van der Waals surface area contributed by atoms with Crippen LogP contribution in [0.15, 0.2) is 16.1 Å². The Morgan fingerprint density at radius 3 is 2.59 bits per heavy atom. The summed E-state index contributed by atoms with van der Waals surface area (Å²) in [5, 5.41) is 27.0. The van der Waals surface area contributed by atoms with Crippen molar-refractivity contribution in [2.24, 2.45) is 0 Å². The van der Waals surface area contributed by atoms with Crippen LogP contribution in [0.2, 0.25) is 5.02 Å². The molecule has 17 heavy (non-hydrogen) atoms.